The fraction of sp³-hybridized carbons (Fsp3) is 0.462. The van der Waals surface area contributed by atoms with Crippen LogP contribution in [0, 0.1) is 0 Å². The molecule has 0 saturated carbocycles. The highest BCUT2D eigenvalue weighted by atomic mass is 16.7. The van der Waals surface area contributed by atoms with Gasteiger partial charge in [0, 0.05) is 25.6 Å². The Morgan fingerprint density at radius 1 is 1.42 bits per heavy atom. The first-order valence-corrected chi connectivity index (χ1v) is 6.08. The third-order valence-corrected chi connectivity index (χ3v) is 2.92. The van der Waals surface area contributed by atoms with Crippen molar-refractivity contribution in [1.29, 1.82) is 0 Å². The van der Waals surface area contributed by atoms with Crippen LogP contribution in [0.3, 0.4) is 0 Å². The van der Waals surface area contributed by atoms with Crippen molar-refractivity contribution in [3.63, 3.8) is 0 Å². The lowest BCUT2D eigenvalue weighted by Crippen LogP contribution is -2.25. The molecular formula is C13H18N2O4. The van der Waals surface area contributed by atoms with Crippen LogP contribution >= 0.6 is 0 Å². The molecule has 1 N–H and O–H groups in total. The highest BCUT2D eigenvalue weighted by molar-refractivity contribution is 5.89. The summed E-state index contributed by atoms with van der Waals surface area (Å²) in [4.78, 5) is 13.1. The van der Waals surface area contributed by atoms with E-state index in [1.54, 1.807) is 19.1 Å². The lowest BCUT2D eigenvalue weighted by molar-refractivity contribution is -0.0914. The zero-order valence-electron chi connectivity index (χ0n) is 11.1. The van der Waals surface area contributed by atoms with Crippen LogP contribution in [0.1, 0.15) is 0 Å². The van der Waals surface area contributed by atoms with Crippen LogP contribution in [0.25, 0.3) is 0 Å². The van der Waals surface area contributed by atoms with Gasteiger partial charge in [0.05, 0.1) is 13.1 Å². The van der Waals surface area contributed by atoms with Crippen molar-refractivity contribution in [3.8, 4) is 0 Å². The molecule has 1 fully saturated rings. The molecule has 2 rings (SSSR count). The smallest absolute Gasteiger partial charge is 0.414 e. The summed E-state index contributed by atoms with van der Waals surface area (Å²) in [6, 6.07) is 7.59. The Balaban J connectivity index is 2.01. The Bertz CT molecular complexity index is 434. The van der Waals surface area contributed by atoms with Gasteiger partial charge in [-0.3, -0.25) is 4.90 Å². The molecule has 6 heteroatoms. The van der Waals surface area contributed by atoms with E-state index >= 15 is 0 Å². The molecule has 0 aliphatic carbocycles. The maximum atomic E-state index is 11.5. The van der Waals surface area contributed by atoms with E-state index in [4.69, 9.17) is 14.2 Å². The Kier molecular flexibility index (Phi) is 4.59. The van der Waals surface area contributed by atoms with Crippen molar-refractivity contribution in [2.24, 2.45) is 0 Å². The van der Waals surface area contributed by atoms with Gasteiger partial charge in [-0.05, 0) is 18.2 Å². The third-order valence-electron chi connectivity index (χ3n) is 2.92. The van der Waals surface area contributed by atoms with Crippen LogP contribution in [-0.2, 0) is 14.2 Å². The first-order chi connectivity index (χ1) is 9.24. The normalized spacial score (nSPS) is 14.9. The topological polar surface area (TPSA) is 60.0 Å². The van der Waals surface area contributed by atoms with Gasteiger partial charge in [-0.2, -0.15) is 0 Å². The molecule has 1 heterocycles. The second kappa shape index (κ2) is 6.40. The maximum absolute atomic E-state index is 11.5. The number of anilines is 2. The molecule has 0 spiro atoms. The number of nitrogens with one attached hydrogen (secondary N) is 1. The summed E-state index contributed by atoms with van der Waals surface area (Å²) in [5, 5.41) is 3.20. The van der Waals surface area contributed by atoms with Gasteiger partial charge in [0.15, 0.2) is 6.29 Å². The van der Waals surface area contributed by atoms with Crippen molar-refractivity contribution in [1.82, 2.24) is 0 Å². The molecule has 6 nitrogen and oxygen atoms in total. The molecule has 104 valence electrons. The van der Waals surface area contributed by atoms with Crippen molar-refractivity contribution in [2.75, 3.05) is 44.1 Å². The van der Waals surface area contributed by atoms with E-state index in [0.717, 1.165) is 11.4 Å². The Labute approximate surface area is 112 Å². The number of hydrogen-bond donors (Lipinski definition) is 1. The van der Waals surface area contributed by atoms with E-state index in [0.29, 0.717) is 19.7 Å². The molecule has 0 aromatic heterocycles. The summed E-state index contributed by atoms with van der Waals surface area (Å²) in [7, 11) is 3.18. The average molecular weight is 266 g/mol. The van der Waals surface area contributed by atoms with E-state index in [1.165, 1.54) is 0 Å². The van der Waals surface area contributed by atoms with Gasteiger partial charge in [-0.25, -0.2) is 4.79 Å². The van der Waals surface area contributed by atoms with Gasteiger partial charge in [-0.1, -0.05) is 6.07 Å². The summed E-state index contributed by atoms with van der Waals surface area (Å²) in [5.74, 6) is 0. The van der Waals surface area contributed by atoms with Crippen molar-refractivity contribution in [3.05, 3.63) is 24.3 Å². The number of cyclic esters (lactones) is 1. The predicted molar refractivity (Wildman–Crippen MR) is 71.4 cm³/mol. The zero-order chi connectivity index (χ0) is 13.7. The summed E-state index contributed by atoms with van der Waals surface area (Å²) in [5.41, 5.74) is 1.72. The van der Waals surface area contributed by atoms with Crippen molar-refractivity contribution < 1.29 is 19.0 Å². The van der Waals surface area contributed by atoms with E-state index in [9.17, 15) is 4.79 Å². The molecule has 1 aromatic rings. The van der Waals surface area contributed by atoms with Gasteiger partial charge in [0.25, 0.3) is 0 Å². The lowest BCUT2D eigenvalue weighted by Gasteiger charge is -2.17. The van der Waals surface area contributed by atoms with E-state index in [1.807, 2.05) is 24.3 Å². The van der Waals surface area contributed by atoms with Crippen molar-refractivity contribution in [2.45, 2.75) is 6.29 Å². The first-order valence-electron chi connectivity index (χ1n) is 6.08. The van der Waals surface area contributed by atoms with Gasteiger partial charge in [-0.15, -0.1) is 0 Å². The number of carbonyl (C=O) groups is 1. The number of methoxy groups -OCH3 is 2. The zero-order valence-corrected chi connectivity index (χ0v) is 11.1. The lowest BCUT2D eigenvalue weighted by atomic mass is 10.2. The maximum Gasteiger partial charge on any atom is 0.414 e. The minimum atomic E-state index is -0.305. The number of nitrogens with zero attached hydrogens (tertiary/aromatic N) is 1. The van der Waals surface area contributed by atoms with Crippen molar-refractivity contribution >= 4 is 17.5 Å². The fourth-order valence-electron chi connectivity index (χ4n) is 1.88. The summed E-state index contributed by atoms with van der Waals surface area (Å²) in [6.07, 6.45) is -0.607. The van der Waals surface area contributed by atoms with Crippen LogP contribution < -0.4 is 10.2 Å². The SMILES string of the molecule is COC(CNc1cccc(N2CCOC2=O)c1)OC. The second-order valence-corrected chi connectivity index (χ2v) is 4.10. The van der Waals surface area contributed by atoms with E-state index in [-0.39, 0.29) is 12.4 Å². The van der Waals surface area contributed by atoms with Gasteiger partial charge in [0.1, 0.15) is 6.61 Å². The summed E-state index contributed by atoms with van der Waals surface area (Å²) >= 11 is 0. The van der Waals surface area contributed by atoms with E-state index < -0.39 is 0 Å². The average Bonchev–Trinajstić information content (AvgIpc) is 2.86. The number of ether oxygens (including phenoxy) is 3. The minimum absolute atomic E-state index is 0.302. The molecule has 1 aliphatic rings. The first kappa shape index (κ1) is 13.6. The number of carbonyl (C=O) groups excluding carboxylic acids is 1. The van der Waals surface area contributed by atoms with Crippen LogP contribution in [-0.4, -0.2) is 46.3 Å². The van der Waals surface area contributed by atoms with Crippen LogP contribution in [0.4, 0.5) is 16.2 Å². The summed E-state index contributed by atoms with van der Waals surface area (Å²) in [6.45, 7) is 1.55. The predicted octanol–water partition coefficient (Wildman–Crippen LogP) is 1.67. The molecular weight excluding hydrogens is 248 g/mol. The molecule has 1 amide bonds. The molecule has 0 unspecified atom stereocenters. The molecule has 0 atom stereocenters. The molecule has 1 aromatic carbocycles. The summed E-state index contributed by atoms with van der Waals surface area (Å²) < 4.78 is 15.1. The second-order valence-electron chi connectivity index (χ2n) is 4.10. The number of rotatable bonds is 6. The minimum Gasteiger partial charge on any atom is -0.447 e. The molecule has 1 saturated heterocycles. The number of amides is 1. The molecule has 1 aliphatic heterocycles. The Hall–Kier alpha value is -1.79. The Morgan fingerprint density at radius 2 is 2.21 bits per heavy atom. The quantitative estimate of drug-likeness (QED) is 0.794. The van der Waals surface area contributed by atoms with Gasteiger partial charge < -0.3 is 19.5 Å². The molecule has 0 bridgehead atoms. The third kappa shape index (κ3) is 3.36. The monoisotopic (exact) mass is 266 g/mol. The van der Waals surface area contributed by atoms with Crippen LogP contribution in [0.15, 0.2) is 24.3 Å². The molecule has 0 radical (unpaired) electrons. The van der Waals surface area contributed by atoms with Gasteiger partial charge >= 0.3 is 6.09 Å². The standard InChI is InChI=1S/C13H18N2O4/c1-17-12(18-2)9-14-10-4-3-5-11(8-10)15-6-7-19-13(15)16/h3-5,8,12,14H,6-7,9H2,1-2H3. The van der Waals surface area contributed by atoms with E-state index in [2.05, 4.69) is 5.32 Å². The fourth-order valence-corrected chi connectivity index (χ4v) is 1.88. The van der Waals surface area contributed by atoms with Crippen LogP contribution in [0.2, 0.25) is 0 Å². The highest BCUT2D eigenvalue weighted by Gasteiger charge is 2.23. The number of benzene rings is 1. The van der Waals surface area contributed by atoms with Crippen LogP contribution in [0.5, 0.6) is 0 Å². The molecule has 19 heavy (non-hydrogen) atoms. The Morgan fingerprint density at radius 3 is 2.84 bits per heavy atom. The number of hydrogen-bond acceptors (Lipinski definition) is 5. The van der Waals surface area contributed by atoms with Gasteiger partial charge in [0.2, 0.25) is 0 Å². The largest absolute Gasteiger partial charge is 0.447 e. The highest BCUT2D eigenvalue weighted by Crippen LogP contribution is 2.22.